The number of carbonyl (C=O) groups is 1. The van der Waals surface area contributed by atoms with E-state index in [9.17, 15) is 4.79 Å². The maximum atomic E-state index is 12.4. The summed E-state index contributed by atoms with van der Waals surface area (Å²) in [5, 5.41) is 4.93. The largest absolute Gasteiger partial charge is 0.342 e. The molecular formula is C17H20ClN3O. The quantitative estimate of drug-likeness (QED) is 0.869. The molecule has 1 unspecified atom stereocenters. The van der Waals surface area contributed by atoms with Gasteiger partial charge in [-0.15, -0.1) is 0 Å². The molecule has 0 spiro atoms. The molecule has 116 valence electrons. The number of carbonyl (C=O) groups excluding carboxylic acids is 1. The predicted molar refractivity (Wildman–Crippen MR) is 86.9 cm³/mol. The minimum atomic E-state index is 0.218. The van der Waals surface area contributed by atoms with Crippen LogP contribution in [0.15, 0.2) is 36.5 Å². The molecule has 1 aliphatic heterocycles. The summed E-state index contributed by atoms with van der Waals surface area (Å²) in [5.74, 6) is 0.574. The van der Waals surface area contributed by atoms with Crippen LogP contribution in [0.3, 0.4) is 0 Å². The summed E-state index contributed by atoms with van der Waals surface area (Å²) in [5.41, 5.74) is 2.25. The lowest BCUT2D eigenvalue weighted by atomic mass is 9.98. The maximum Gasteiger partial charge on any atom is 0.222 e. The molecule has 2 aromatic rings. The molecule has 3 rings (SSSR count). The highest BCUT2D eigenvalue weighted by Crippen LogP contribution is 2.32. The third kappa shape index (κ3) is 3.17. The Balaban J connectivity index is 1.57. The topological polar surface area (TPSA) is 38.1 Å². The lowest BCUT2D eigenvalue weighted by Gasteiger charge is -2.17. The van der Waals surface area contributed by atoms with Gasteiger partial charge in [-0.1, -0.05) is 29.8 Å². The number of hydrogen-bond acceptors (Lipinski definition) is 2. The van der Waals surface area contributed by atoms with Crippen LogP contribution in [-0.4, -0.2) is 33.7 Å². The molecule has 2 heterocycles. The molecule has 0 bridgehead atoms. The number of nitrogens with zero attached hydrogens (tertiary/aromatic N) is 3. The molecule has 1 aromatic heterocycles. The minimum absolute atomic E-state index is 0.218. The molecule has 1 fully saturated rings. The fourth-order valence-electron chi connectivity index (χ4n) is 3.09. The van der Waals surface area contributed by atoms with Gasteiger partial charge in [-0.3, -0.25) is 9.48 Å². The van der Waals surface area contributed by atoms with E-state index in [0.717, 1.165) is 42.2 Å². The SMILES string of the molecule is Cn1nccc1CCC(=O)N1CCC(c2ccccc2Cl)C1. The summed E-state index contributed by atoms with van der Waals surface area (Å²) in [6, 6.07) is 9.90. The van der Waals surface area contributed by atoms with Gasteiger partial charge in [0, 0.05) is 49.4 Å². The summed E-state index contributed by atoms with van der Waals surface area (Å²) >= 11 is 6.26. The van der Waals surface area contributed by atoms with Crippen molar-refractivity contribution >= 4 is 17.5 Å². The summed E-state index contributed by atoms with van der Waals surface area (Å²) in [4.78, 5) is 14.3. The van der Waals surface area contributed by atoms with E-state index in [4.69, 9.17) is 11.6 Å². The number of benzene rings is 1. The van der Waals surface area contributed by atoms with Crippen LogP contribution >= 0.6 is 11.6 Å². The van der Waals surface area contributed by atoms with E-state index in [1.807, 2.05) is 40.9 Å². The fourth-order valence-corrected chi connectivity index (χ4v) is 3.38. The van der Waals surface area contributed by atoms with Crippen molar-refractivity contribution in [2.24, 2.45) is 7.05 Å². The molecule has 1 aromatic carbocycles. The summed E-state index contributed by atoms with van der Waals surface area (Å²) in [6.45, 7) is 1.59. The number of amides is 1. The van der Waals surface area contributed by atoms with E-state index in [0.29, 0.717) is 12.3 Å². The fraction of sp³-hybridized carbons (Fsp3) is 0.412. The third-order valence-electron chi connectivity index (χ3n) is 4.40. The van der Waals surface area contributed by atoms with Crippen LogP contribution in [0.25, 0.3) is 0 Å². The minimum Gasteiger partial charge on any atom is -0.342 e. The summed E-state index contributed by atoms with van der Waals surface area (Å²) < 4.78 is 1.82. The van der Waals surface area contributed by atoms with E-state index >= 15 is 0 Å². The van der Waals surface area contributed by atoms with Crippen molar-refractivity contribution < 1.29 is 4.79 Å². The molecule has 1 atom stereocenters. The monoisotopic (exact) mass is 317 g/mol. The van der Waals surface area contributed by atoms with Crippen molar-refractivity contribution in [2.45, 2.75) is 25.2 Å². The predicted octanol–water partition coefficient (Wildman–Crippen LogP) is 3.02. The highest BCUT2D eigenvalue weighted by molar-refractivity contribution is 6.31. The molecular weight excluding hydrogens is 298 g/mol. The van der Waals surface area contributed by atoms with Crippen molar-refractivity contribution in [3.8, 4) is 0 Å². The molecule has 4 nitrogen and oxygen atoms in total. The van der Waals surface area contributed by atoms with Crippen molar-refractivity contribution in [1.29, 1.82) is 0 Å². The Morgan fingerprint density at radius 2 is 2.18 bits per heavy atom. The van der Waals surface area contributed by atoms with Crippen molar-refractivity contribution in [3.05, 3.63) is 52.8 Å². The highest BCUT2D eigenvalue weighted by Gasteiger charge is 2.28. The van der Waals surface area contributed by atoms with Gasteiger partial charge >= 0.3 is 0 Å². The zero-order chi connectivity index (χ0) is 15.5. The van der Waals surface area contributed by atoms with E-state index in [1.165, 1.54) is 0 Å². The number of hydrogen-bond donors (Lipinski definition) is 0. The van der Waals surface area contributed by atoms with Gasteiger partial charge in [0.2, 0.25) is 5.91 Å². The van der Waals surface area contributed by atoms with Gasteiger partial charge in [-0.05, 0) is 30.5 Å². The molecule has 1 aliphatic rings. The van der Waals surface area contributed by atoms with Crippen LogP contribution in [-0.2, 0) is 18.3 Å². The highest BCUT2D eigenvalue weighted by atomic mass is 35.5. The molecule has 5 heteroatoms. The Morgan fingerprint density at radius 3 is 2.91 bits per heavy atom. The lowest BCUT2D eigenvalue weighted by molar-refractivity contribution is -0.130. The van der Waals surface area contributed by atoms with Crippen molar-refractivity contribution in [1.82, 2.24) is 14.7 Å². The number of rotatable bonds is 4. The van der Waals surface area contributed by atoms with Crippen LogP contribution in [0.5, 0.6) is 0 Å². The van der Waals surface area contributed by atoms with Crippen LogP contribution in [0.2, 0.25) is 5.02 Å². The molecule has 1 saturated heterocycles. The van der Waals surface area contributed by atoms with Crippen molar-refractivity contribution in [2.75, 3.05) is 13.1 Å². The Kier molecular flexibility index (Phi) is 4.48. The number of halogens is 1. The van der Waals surface area contributed by atoms with Crippen LogP contribution in [0.1, 0.15) is 30.0 Å². The van der Waals surface area contributed by atoms with Gasteiger partial charge in [0.15, 0.2) is 0 Å². The van der Waals surface area contributed by atoms with Crippen LogP contribution < -0.4 is 0 Å². The zero-order valence-corrected chi connectivity index (χ0v) is 13.5. The molecule has 0 aliphatic carbocycles. The smallest absolute Gasteiger partial charge is 0.222 e. The van der Waals surface area contributed by atoms with Crippen LogP contribution in [0.4, 0.5) is 0 Å². The first-order chi connectivity index (χ1) is 10.6. The Hall–Kier alpha value is -1.81. The van der Waals surface area contributed by atoms with Crippen molar-refractivity contribution in [3.63, 3.8) is 0 Å². The standard InChI is InChI=1S/C17H20ClN3O/c1-20-14(8-10-19-20)6-7-17(22)21-11-9-13(12-21)15-4-2-3-5-16(15)18/h2-5,8,10,13H,6-7,9,11-12H2,1H3. The molecule has 1 amide bonds. The van der Waals surface area contributed by atoms with E-state index < -0.39 is 0 Å². The zero-order valence-electron chi connectivity index (χ0n) is 12.7. The Labute approximate surface area is 135 Å². The lowest BCUT2D eigenvalue weighted by Crippen LogP contribution is -2.28. The van der Waals surface area contributed by atoms with Gasteiger partial charge in [-0.2, -0.15) is 5.10 Å². The van der Waals surface area contributed by atoms with Crippen LogP contribution in [0, 0.1) is 0 Å². The summed E-state index contributed by atoms with van der Waals surface area (Å²) in [7, 11) is 1.91. The maximum absolute atomic E-state index is 12.4. The van der Waals surface area contributed by atoms with E-state index in [2.05, 4.69) is 11.2 Å². The van der Waals surface area contributed by atoms with Gasteiger partial charge in [0.05, 0.1) is 0 Å². The second kappa shape index (κ2) is 6.53. The molecule has 22 heavy (non-hydrogen) atoms. The van der Waals surface area contributed by atoms with Gasteiger partial charge < -0.3 is 4.90 Å². The first-order valence-corrected chi connectivity index (χ1v) is 8.02. The van der Waals surface area contributed by atoms with Gasteiger partial charge in [0.1, 0.15) is 0 Å². The first-order valence-electron chi connectivity index (χ1n) is 7.64. The first kappa shape index (κ1) is 15.1. The number of likely N-dealkylation sites (tertiary alicyclic amines) is 1. The molecule has 0 saturated carbocycles. The summed E-state index contributed by atoms with van der Waals surface area (Å²) in [6.07, 6.45) is 4.03. The molecule has 0 radical (unpaired) electrons. The number of aromatic nitrogens is 2. The Bertz CT molecular complexity index is 667. The second-order valence-electron chi connectivity index (χ2n) is 5.79. The second-order valence-corrected chi connectivity index (χ2v) is 6.20. The third-order valence-corrected chi connectivity index (χ3v) is 4.75. The van der Waals surface area contributed by atoms with E-state index in [1.54, 1.807) is 6.20 Å². The van der Waals surface area contributed by atoms with Gasteiger partial charge in [0.25, 0.3) is 0 Å². The average molecular weight is 318 g/mol. The number of aryl methyl sites for hydroxylation is 2. The Morgan fingerprint density at radius 1 is 1.36 bits per heavy atom. The normalized spacial score (nSPS) is 17.9. The average Bonchev–Trinajstić information content (AvgIpc) is 3.14. The molecule has 0 N–H and O–H groups in total. The van der Waals surface area contributed by atoms with E-state index in [-0.39, 0.29) is 5.91 Å². The van der Waals surface area contributed by atoms with Gasteiger partial charge in [-0.25, -0.2) is 0 Å².